The molecule has 0 aliphatic carbocycles. The highest BCUT2D eigenvalue weighted by Crippen LogP contribution is 2.36. The lowest BCUT2D eigenvalue weighted by atomic mass is 9.93. The van der Waals surface area contributed by atoms with Gasteiger partial charge in [-0.05, 0) is 59.9 Å². The number of fused-ring (bicyclic) bond motifs is 1. The number of benzene rings is 3. The number of para-hydroxylation sites is 1. The molecule has 3 N–H and O–H groups in total. The van der Waals surface area contributed by atoms with Crippen LogP contribution in [0.4, 0.5) is 5.69 Å². The van der Waals surface area contributed by atoms with E-state index < -0.39 is 12.0 Å². The van der Waals surface area contributed by atoms with Gasteiger partial charge in [0.1, 0.15) is 17.5 Å². The standard InChI is InChI=1S/C25H23ClN2O4.ClH/c1-31-25(30)22(27)12-15-6-9-17(10-7-15)32-18-11-8-16(21(26)14-18)13-20-19-4-2-3-5-23(19)28-24(20)29;/h2-11,14,20,22H,12-13,27H2,1H3,(H,28,29);1H. The van der Waals surface area contributed by atoms with Crippen LogP contribution >= 0.6 is 24.0 Å². The molecule has 8 heteroatoms. The van der Waals surface area contributed by atoms with E-state index >= 15 is 0 Å². The maximum atomic E-state index is 12.4. The van der Waals surface area contributed by atoms with E-state index in [-0.39, 0.29) is 24.2 Å². The highest BCUT2D eigenvalue weighted by atomic mass is 35.5. The van der Waals surface area contributed by atoms with Crippen molar-refractivity contribution in [2.75, 3.05) is 12.4 Å². The average molecular weight is 487 g/mol. The van der Waals surface area contributed by atoms with Crippen molar-refractivity contribution in [2.45, 2.75) is 24.8 Å². The van der Waals surface area contributed by atoms with Gasteiger partial charge in [-0.15, -0.1) is 12.4 Å². The summed E-state index contributed by atoms with van der Waals surface area (Å²) < 4.78 is 10.6. The summed E-state index contributed by atoms with van der Waals surface area (Å²) in [6.45, 7) is 0. The van der Waals surface area contributed by atoms with Crippen molar-refractivity contribution in [2.24, 2.45) is 5.73 Å². The van der Waals surface area contributed by atoms with Gasteiger partial charge in [-0.1, -0.05) is 48.0 Å². The fourth-order valence-electron chi connectivity index (χ4n) is 3.77. The van der Waals surface area contributed by atoms with Crippen LogP contribution in [0.1, 0.15) is 22.6 Å². The van der Waals surface area contributed by atoms with E-state index in [1.165, 1.54) is 7.11 Å². The first-order chi connectivity index (χ1) is 15.4. The third-order valence-electron chi connectivity index (χ3n) is 5.48. The largest absolute Gasteiger partial charge is 0.468 e. The molecule has 0 radical (unpaired) electrons. The van der Waals surface area contributed by atoms with Gasteiger partial charge in [0.15, 0.2) is 0 Å². The molecule has 6 nitrogen and oxygen atoms in total. The maximum Gasteiger partial charge on any atom is 0.322 e. The monoisotopic (exact) mass is 486 g/mol. The van der Waals surface area contributed by atoms with Crippen molar-refractivity contribution in [3.8, 4) is 11.5 Å². The second-order valence-corrected chi connectivity index (χ2v) is 8.07. The Morgan fingerprint density at radius 2 is 1.79 bits per heavy atom. The average Bonchev–Trinajstić information content (AvgIpc) is 3.11. The van der Waals surface area contributed by atoms with Gasteiger partial charge in [-0.3, -0.25) is 9.59 Å². The Kier molecular flexibility index (Phi) is 7.97. The number of nitrogens with two attached hydrogens (primary N) is 1. The summed E-state index contributed by atoms with van der Waals surface area (Å²) in [5, 5.41) is 3.46. The molecule has 3 aromatic carbocycles. The van der Waals surface area contributed by atoms with Crippen LogP contribution < -0.4 is 15.8 Å². The molecule has 0 fully saturated rings. The number of carbonyl (C=O) groups is 2. The van der Waals surface area contributed by atoms with Gasteiger partial charge in [0.2, 0.25) is 5.91 Å². The van der Waals surface area contributed by atoms with Gasteiger partial charge in [0.25, 0.3) is 0 Å². The first-order valence-electron chi connectivity index (χ1n) is 10.2. The minimum Gasteiger partial charge on any atom is -0.468 e. The normalized spacial score (nSPS) is 15.1. The number of rotatable bonds is 7. The van der Waals surface area contributed by atoms with Crippen molar-refractivity contribution >= 4 is 41.6 Å². The molecule has 1 amide bonds. The number of methoxy groups -OCH3 is 1. The van der Waals surface area contributed by atoms with E-state index in [2.05, 4.69) is 10.1 Å². The molecule has 0 aromatic heterocycles. The van der Waals surface area contributed by atoms with Crippen molar-refractivity contribution in [1.29, 1.82) is 0 Å². The third-order valence-corrected chi connectivity index (χ3v) is 5.83. The SMILES string of the molecule is COC(=O)C(N)Cc1ccc(Oc2ccc(CC3C(=O)Nc4ccccc43)c(Cl)c2)cc1.Cl. The molecule has 33 heavy (non-hydrogen) atoms. The van der Waals surface area contributed by atoms with Crippen molar-refractivity contribution in [1.82, 2.24) is 0 Å². The van der Waals surface area contributed by atoms with Crippen LogP contribution in [0.2, 0.25) is 5.02 Å². The summed E-state index contributed by atoms with van der Waals surface area (Å²) in [4.78, 5) is 23.9. The Morgan fingerprint density at radius 3 is 2.48 bits per heavy atom. The zero-order valence-corrected chi connectivity index (χ0v) is 19.5. The number of halogens is 2. The lowest BCUT2D eigenvalue weighted by Gasteiger charge is -2.13. The Balaban J connectivity index is 0.00000306. The number of hydrogen-bond donors (Lipinski definition) is 2. The number of ether oxygens (including phenoxy) is 2. The van der Waals surface area contributed by atoms with E-state index in [4.69, 9.17) is 22.1 Å². The van der Waals surface area contributed by atoms with Crippen LogP contribution in [0.5, 0.6) is 11.5 Å². The number of esters is 1. The molecule has 0 saturated carbocycles. The summed E-state index contributed by atoms with van der Waals surface area (Å²) in [7, 11) is 1.32. The second kappa shape index (κ2) is 10.7. The van der Waals surface area contributed by atoms with Gasteiger partial charge < -0.3 is 20.5 Å². The molecule has 172 valence electrons. The molecule has 2 atom stereocenters. The van der Waals surface area contributed by atoms with Gasteiger partial charge in [0.05, 0.1) is 13.0 Å². The van der Waals surface area contributed by atoms with E-state index in [0.29, 0.717) is 29.4 Å². The predicted octanol–water partition coefficient (Wildman–Crippen LogP) is 4.88. The number of nitrogens with one attached hydrogen (secondary N) is 1. The number of carbonyl (C=O) groups excluding carboxylic acids is 2. The summed E-state index contributed by atoms with van der Waals surface area (Å²) in [5.74, 6) is 0.495. The summed E-state index contributed by atoms with van der Waals surface area (Å²) in [5.41, 5.74) is 9.42. The first-order valence-corrected chi connectivity index (χ1v) is 10.6. The highest BCUT2D eigenvalue weighted by molar-refractivity contribution is 6.31. The molecule has 3 aromatic rings. The van der Waals surface area contributed by atoms with Crippen LogP contribution in [-0.2, 0) is 27.2 Å². The van der Waals surface area contributed by atoms with Gasteiger partial charge >= 0.3 is 5.97 Å². The van der Waals surface area contributed by atoms with E-state index in [9.17, 15) is 9.59 Å². The lowest BCUT2D eigenvalue weighted by Crippen LogP contribution is -2.33. The Morgan fingerprint density at radius 1 is 1.09 bits per heavy atom. The van der Waals surface area contributed by atoms with Crippen molar-refractivity contribution < 1.29 is 19.1 Å². The highest BCUT2D eigenvalue weighted by Gasteiger charge is 2.30. The van der Waals surface area contributed by atoms with Crippen LogP contribution in [-0.4, -0.2) is 25.0 Å². The number of anilines is 1. The molecule has 0 spiro atoms. The van der Waals surface area contributed by atoms with Gasteiger partial charge in [-0.2, -0.15) is 0 Å². The molecular weight excluding hydrogens is 463 g/mol. The summed E-state index contributed by atoms with van der Waals surface area (Å²) >= 11 is 6.51. The Labute approximate surface area is 203 Å². The zero-order chi connectivity index (χ0) is 22.7. The van der Waals surface area contributed by atoms with Crippen molar-refractivity contribution in [3.63, 3.8) is 0 Å². The zero-order valence-electron chi connectivity index (χ0n) is 17.9. The van der Waals surface area contributed by atoms with Crippen LogP contribution in [0, 0.1) is 0 Å². The minimum absolute atomic E-state index is 0. The van der Waals surface area contributed by atoms with Crippen LogP contribution in [0.25, 0.3) is 0 Å². The maximum absolute atomic E-state index is 12.4. The second-order valence-electron chi connectivity index (χ2n) is 7.67. The molecule has 2 unspecified atom stereocenters. The van der Waals surface area contributed by atoms with Crippen molar-refractivity contribution in [3.05, 3.63) is 88.4 Å². The third kappa shape index (κ3) is 5.66. The molecule has 0 saturated heterocycles. The molecule has 4 rings (SSSR count). The Hall–Kier alpha value is -3.06. The summed E-state index contributed by atoms with van der Waals surface area (Å²) in [6.07, 6.45) is 0.891. The van der Waals surface area contributed by atoms with E-state index in [1.54, 1.807) is 18.2 Å². The van der Waals surface area contributed by atoms with Gasteiger partial charge in [0, 0.05) is 10.7 Å². The molecule has 0 bridgehead atoms. The molecule has 1 heterocycles. The van der Waals surface area contributed by atoms with Gasteiger partial charge in [-0.25, -0.2) is 0 Å². The van der Waals surface area contributed by atoms with Crippen LogP contribution in [0.15, 0.2) is 66.7 Å². The molecule has 1 aliphatic heterocycles. The number of amides is 1. The van der Waals surface area contributed by atoms with E-state index in [1.807, 2.05) is 48.5 Å². The first kappa shape index (κ1) is 24.6. The fourth-order valence-corrected chi connectivity index (χ4v) is 4.02. The Bertz CT molecular complexity index is 1150. The predicted molar refractivity (Wildman–Crippen MR) is 130 cm³/mol. The molecule has 1 aliphatic rings. The fraction of sp³-hybridized carbons (Fsp3) is 0.200. The van der Waals surface area contributed by atoms with Crippen LogP contribution in [0.3, 0.4) is 0 Å². The van der Waals surface area contributed by atoms with E-state index in [0.717, 1.165) is 22.4 Å². The smallest absolute Gasteiger partial charge is 0.322 e. The number of hydrogen-bond acceptors (Lipinski definition) is 5. The quantitative estimate of drug-likeness (QED) is 0.464. The lowest BCUT2D eigenvalue weighted by molar-refractivity contribution is -0.142. The topological polar surface area (TPSA) is 90.7 Å². The minimum atomic E-state index is -0.702. The summed E-state index contributed by atoms with van der Waals surface area (Å²) in [6, 6.07) is 19.8. The molecular formula is C25H24Cl2N2O4.